The maximum absolute atomic E-state index is 12.9. The van der Waals surface area contributed by atoms with Crippen LogP contribution in [0.25, 0.3) is 0 Å². The molecule has 1 aromatic carbocycles. The van der Waals surface area contributed by atoms with Crippen LogP contribution in [-0.4, -0.2) is 24.3 Å². The quantitative estimate of drug-likeness (QED) is 0.601. The Kier molecular flexibility index (Phi) is 6.26. The highest BCUT2D eigenvalue weighted by Gasteiger charge is 2.24. The van der Waals surface area contributed by atoms with Crippen LogP contribution >= 0.6 is 0 Å². The Morgan fingerprint density at radius 3 is 2.35 bits per heavy atom. The summed E-state index contributed by atoms with van der Waals surface area (Å²) in [6.07, 6.45) is 0.621. The van der Waals surface area contributed by atoms with Crippen LogP contribution < -0.4 is 15.2 Å². The molecule has 0 saturated carbocycles. The van der Waals surface area contributed by atoms with Crippen molar-refractivity contribution in [1.82, 2.24) is 14.7 Å². The number of carbonyl (C=O) groups is 1. The number of carbonyl (C=O) groups excluding carboxylic acids is 1. The van der Waals surface area contributed by atoms with Gasteiger partial charge in [-0.1, -0.05) is 30.7 Å². The standard InChI is InChI=1S/C22H24N4O4S/c1-5-16-9-10-17(21(27)26-31(28,29)19-8-6-7-18(23)25-19)22(24-16)30-20-14(3)11-13(2)12-15(20)4/h6-12H,5H2,1-4H3,(H2,23,25)(H,26,27). The molecule has 0 saturated heterocycles. The molecule has 3 rings (SSSR count). The number of rotatable bonds is 6. The first-order valence-corrected chi connectivity index (χ1v) is 11.1. The van der Waals surface area contributed by atoms with Gasteiger partial charge in [0.1, 0.15) is 17.1 Å². The number of nitrogen functional groups attached to an aromatic ring is 1. The second-order valence-electron chi connectivity index (χ2n) is 7.17. The van der Waals surface area contributed by atoms with E-state index < -0.39 is 15.9 Å². The number of anilines is 1. The van der Waals surface area contributed by atoms with Crippen LogP contribution in [0.1, 0.15) is 39.7 Å². The van der Waals surface area contributed by atoms with E-state index in [-0.39, 0.29) is 22.3 Å². The first-order chi connectivity index (χ1) is 14.6. The van der Waals surface area contributed by atoms with E-state index >= 15 is 0 Å². The third-order valence-electron chi connectivity index (χ3n) is 4.58. The number of amides is 1. The van der Waals surface area contributed by atoms with Gasteiger partial charge in [0.15, 0.2) is 5.03 Å². The monoisotopic (exact) mass is 440 g/mol. The number of nitrogens with zero attached hydrogens (tertiary/aromatic N) is 2. The lowest BCUT2D eigenvalue weighted by Gasteiger charge is -2.15. The molecule has 0 aliphatic heterocycles. The van der Waals surface area contributed by atoms with Crippen LogP contribution in [-0.2, 0) is 16.4 Å². The molecule has 2 heterocycles. The number of nitrogens with two attached hydrogens (primary N) is 1. The summed E-state index contributed by atoms with van der Waals surface area (Å²) in [6.45, 7) is 7.70. The Labute approximate surface area is 181 Å². The number of aryl methyl sites for hydroxylation is 4. The zero-order chi connectivity index (χ0) is 22.8. The summed E-state index contributed by atoms with van der Waals surface area (Å²) in [7, 11) is -4.23. The van der Waals surface area contributed by atoms with E-state index in [0.717, 1.165) is 16.7 Å². The zero-order valence-corrected chi connectivity index (χ0v) is 18.6. The van der Waals surface area contributed by atoms with Gasteiger partial charge in [0.05, 0.1) is 0 Å². The van der Waals surface area contributed by atoms with Crippen molar-refractivity contribution in [3.63, 3.8) is 0 Å². The van der Waals surface area contributed by atoms with E-state index in [2.05, 4.69) is 9.97 Å². The Bertz CT molecular complexity index is 1230. The molecule has 31 heavy (non-hydrogen) atoms. The Balaban J connectivity index is 1.99. The van der Waals surface area contributed by atoms with Crippen LogP contribution in [0.5, 0.6) is 11.6 Å². The predicted molar refractivity (Wildman–Crippen MR) is 118 cm³/mol. The van der Waals surface area contributed by atoms with Crippen LogP contribution in [0.4, 0.5) is 5.82 Å². The summed E-state index contributed by atoms with van der Waals surface area (Å²) >= 11 is 0. The number of hydrogen-bond donors (Lipinski definition) is 2. The van der Waals surface area contributed by atoms with Crippen LogP contribution in [0.2, 0.25) is 0 Å². The van der Waals surface area contributed by atoms with Crippen molar-refractivity contribution < 1.29 is 17.9 Å². The van der Waals surface area contributed by atoms with Gasteiger partial charge >= 0.3 is 0 Å². The van der Waals surface area contributed by atoms with Gasteiger partial charge in [-0.25, -0.2) is 14.7 Å². The lowest BCUT2D eigenvalue weighted by molar-refractivity contribution is 0.0978. The van der Waals surface area contributed by atoms with Crippen molar-refractivity contribution >= 4 is 21.7 Å². The molecule has 162 valence electrons. The molecular weight excluding hydrogens is 416 g/mol. The summed E-state index contributed by atoms with van der Waals surface area (Å²) in [4.78, 5) is 21.1. The third-order valence-corrected chi connectivity index (χ3v) is 5.81. The SMILES string of the molecule is CCc1ccc(C(=O)NS(=O)(=O)c2cccc(N)n2)c(Oc2c(C)cc(C)cc2C)n1. The van der Waals surface area contributed by atoms with Crippen molar-refractivity contribution in [3.8, 4) is 11.6 Å². The normalized spacial score (nSPS) is 11.2. The van der Waals surface area contributed by atoms with Crippen LogP contribution in [0.15, 0.2) is 47.5 Å². The van der Waals surface area contributed by atoms with Gasteiger partial charge in [0.2, 0.25) is 5.88 Å². The fourth-order valence-corrected chi connectivity index (χ4v) is 4.10. The van der Waals surface area contributed by atoms with E-state index in [1.807, 2.05) is 44.5 Å². The molecule has 0 spiro atoms. The van der Waals surface area contributed by atoms with Crippen LogP contribution in [0.3, 0.4) is 0 Å². The largest absolute Gasteiger partial charge is 0.438 e. The number of sulfonamides is 1. The molecular formula is C22H24N4O4S. The Morgan fingerprint density at radius 2 is 1.74 bits per heavy atom. The topological polar surface area (TPSA) is 124 Å². The Hall–Kier alpha value is -3.46. The van der Waals surface area contributed by atoms with E-state index in [1.54, 1.807) is 6.07 Å². The third kappa shape index (κ3) is 5.00. The van der Waals surface area contributed by atoms with E-state index in [0.29, 0.717) is 17.9 Å². The fourth-order valence-electron chi connectivity index (χ4n) is 3.16. The summed E-state index contributed by atoms with van der Waals surface area (Å²) in [5, 5.41) is -0.355. The van der Waals surface area contributed by atoms with Gasteiger partial charge in [0, 0.05) is 5.69 Å². The average molecular weight is 441 g/mol. The highest BCUT2D eigenvalue weighted by atomic mass is 32.2. The first-order valence-electron chi connectivity index (χ1n) is 9.66. The molecule has 3 N–H and O–H groups in total. The van der Waals surface area contributed by atoms with Gasteiger partial charge in [-0.05, 0) is 62.6 Å². The smallest absolute Gasteiger partial charge is 0.281 e. The minimum Gasteiger partial charge on any atom is -0.438 e. The van der Waals surface area contributed by atoms with E-state index in [1.165, 1.54) is 24.3 Å². The van der Waals surface area contributed by atoms with Gasteiger partial charge in [-0.3, -0.25) is 4.79 Å². The van der Waals surface area contributed by atoms with Gasteiger partial charge in [0.25, 0.3) is 15.9 Å². The molecule has 3 aromatic rings. The predicted octanol–water partition coefficient (Wildman–Crippen LogP) is 3.46. The molecule has 1 amide bonds. The van der Waals surface area contributed by atoms with Gasteiger partial charge in [-0.15, -0.1) is 0 Å². The second-order valence-corrected chi connectivity index (χ2v) is 8.80. The molecule has 9 heteroatoms. The van der Waals surface area contributed by atoms with Gasteiger partial charge in [-0.2, -0.15) is 8.42 Å². The van der Waals surface area contributed by atoms with Crippen molar-refractivity contribution in [2.75, 3.05) is 5.73 Å². The molecule has 8 nitrogen and oxygen atoms in total. The average Bonchev–Trinajstić information content (AvgIpc) is 2.70. The number of pyridine rings is 2. The van der Waals surface area contributed by atoms with Crippen molar-refractivity contribution in [2.24, 2.45) is 0 Å². The summed E-state index contributed by atoms with van der Waals surface area (Å²) in [5.74, 6) is -0.251. The minimum absolute atomic E-state index is 0.0101. The van der Waals surface area contributed by atoms with E-state index in [4.69, 9.17) is 10.5 Å². The first kappa shape index (κ1) is 22.2. The lowest BCUT2D eigenvalue weighted by Crippen LogP contribution is -2.31. The zero-order valence-electron chi connectivity index (χ0n) is 17.8. The fraction of sp³-hybridized carbons (Fsp3) is 0.227. The number of aromatic nitrogens is 2. The number of benzene rings is 1. The van der Waals surface area contributed by atoms with Crippen molar-refractivity contribution in [1.29, 1.82) is 0 Å². The number of nitrogens with one attached hydrogen (secondary N) is 1. The maximum atomic E-state index is 12.9. The molecule has 0 aliphatic carbocycles. The van der Waals surface area contributed by atoms with Crippen LogP contribution in [0, 0.1) is 20.8 Å². The highest BCUT2D eigenvalue weighted by molar-refractivity contribution is 7.90. The minimum atomic E-state index is -4.23. The molecule has 0 bridgehead atoms. The number of hydrogen-bond acceptors (Lipinski definition) is 7. The number of ether oxygens (including phenoxy) is 1. The second kappa shape index (κ2) is 8.73. The van der Waals surface area contributed by atoms with Crippen molar-refractivity contribution in [3.05, 3.63) is 70.4 Å². The maximum Gasteiger partial charge on any atom is 0.281 e. The highest BCUT2D eigenvalue weighted by Crippen LogP contribution is 2.31. The molecule has 0 unspecified atom stereocenters. The lowest BCUT2D eigenvalue weighted by atomic mass is 10.1. The summed E-state index contributed by atoms with van der Waals surface area (Å²) in [5.41, 5.74) is 9.09. The van der Waals surface area contributed by atoms with Crippen molar-refractivity contribution in [2.45, 2.75) is 39.1 Å². The molecule has 0 atom stereocenters. The molecule has 0 aliphatic rings. The summed E-state index contributed by atoms with van der Waals surface area (Å²) < 4.78 is 33.2. The Morgan fingerprint density at radius 1 is 1.06 bits per heavy atom. The van der Waals surface area contributed by atoms with E-state index in [9.17, 15) is 13.2 Å². The molecule has 2 aromatic heterocycles. The molecule has 0 radical (unpaired) electrons. The summed E-state index contributed by atoms with van der Waals surface area (Å²) in [6, 6.07) is 11.2. The van der Waals surface area contributed by atoms with Gasteiger partial charge < -0.3 is 10.5 Å². The molecule has 0 fully saturated rings.